The van der Waals surface area contributed by atoms with E-state index < -0.39 is 11.9 Å². The smallest absolute Gasteiger partial charge is 0.287 e. The second-order valence-electron chi connectivity index (χ2n) is 7.45. The van der Waals surface area contributed by atoms with E-state index in [4.69, 9.17) is 4.42 Å². The van der Waals surface area contributed by atoms with Crippen molar-refractivity contribution in [2.45, 2.75) is 25.9 Å². The van der Waals surface area contributed by atoms with Crippen LogP contribution in [0.25, 0.3) is 0 Å². The van der Waals surface area contributed by atoms with Gasteiger partial charge < -0.3 is 20.0 Å². The molecule has 33 heavy (non-hydrogen) atoms. The van der Waals surface area contributed by atoms with Crippen molar-refractivity contribution in [1.29, 1.82) is 0 Å². The molecular weight excluding hydrogens is 425 g/mol. The summed E-state index contributed by atoms with van der Waals surface area (Å²) < 4.78 is 18.2. The number of halogens is 1. The Morgan fingerprint density at radius 2 is 1.70 bits per heavy atom. The number of amides is 3. The van der Waals surface area contributed by atoms with Gasteiger partial charge in [-0.05, 0) is 42.3 Å². The van der Waals surface area contributed by atoms with Crippen LogP contribution in [0.5, 0.6) is 0 Å². The van der Waals surface area contributed by atoms with Gasteiger partial charge in [0.05, 0.1) is 12.8 Å². The summed E-state index contributed by atoms with van der Waals surface area (Å²) in [6.45, 7) is 2.09. The molecule has 1 atom stereocenters. The number of carbonyl (C=O) groups is 3. The van der Waals surface area contributed by atoms with Gasteiger partial charge in [0, 0.05) is 19.5 Å². The highest BCUT2D eigenvalue weighted by Gasteiger charge is 2.28. The molecule has 172 valence electrons. The first-order valence-corrected chi connectivity index (χ1v) is 10.6. The summed E-state index contributed by atoms with van der Waals surface area (Å²) in [6.07, 6.45) is 1.65. The Morgan fingerprint density at radius 1 is 0.970 bits per heavy atom. The van der Waals surface area contributed by atoms with Gasteiger partial charge in [0.1, 0.15) is 11.9 Å². The quantitative estimate of drug-likeness (QED) is 0.496. The molecule has 3 amide bonds. The highest BCUT2D eigenvalue weighted by molar-refractivity contribution is 5.96. The van der Waals surface area contributed by atoms with Crippen molar-refractivity contribution in [3.05, 3.63) is 95.7 Å². The standard InChI is InChI=1S/C25H26FN3O4/c1-2-29(17-23(30)27-16-19-10-12-20(26)13-11-19)25(32)21(15-18-7-4-3-5-8-18)28-24(31)22-9-6-14-33-22/h3-14,21H,2,15-17H2,1H3,(H,27,30)(H,28,31)/t21-/m1/s1. The van der Waals surface area contributed by atoms with Crippen molar-refractivity contribution in [2.24, 2.45) is 0 Å². The number of carbonyl (C=O) groups excluding carboxylic acids is 3. The molecule has 0 spiro atoms. The highest BCUT2D eigenvalue weighted by Crippen LogP contribution is 2.09. The van der Waals surface area contributed by atoms with E-state index in [9.17, 15) is 18.8 Å². The van der Waals surface area contributed by atoms with Gasteiger partial charge in [-0.15, -0.1) is 0 Å². The lowest BCUT2D eigenvalue weighted by Gasteiger charge is -2.26. The monoisotopic (exact) mass is 451 g/mol. The van der Waals surface area contributed by atoms with Crippen molar-refractivity contribution in [3.8, 4) is 0 Å². The van der Waals surface area contributed by atoms with E-state index in [-0.39, 0.29) is 49.4 Å². The van der Waals surface area contributed by atoms with Gasteiger partial charge in [0.2, 0.25) is 11.8 Å². The molecule has 0 bridgehead atoms. The van der Waals surface area contributed by atoms with Gasteiger partial charge in [-0.25, -0.2) is 4.39 Å². The molecule has 0 aliphatic heterocycles. The Morgan fingerprint density at radius 3 is 2.33 bits per heavy atom. The maximum absolute atomic E-state index is 13.3. The third-order valence-electron chi connectivity index (χ3n) is 5.06. The van der Waals surface area contributed by atoms with Crippen LogP contribution >= 0.6 is 0 Å². The maximum Gasteiger partial charge on any atom is 0.287 e. The molecule has 3 rings (SSSR count). The molecule has 1 aromatic heterocycles. The first-order chi connectivity index (χ1) is 16.0. The number of nitrogens with one attached hydrogen (secondary N) is 2. The topological polar surface area (TPSA) is 91.7 Å². The largest absolute Gasteiger partial charge is 0.459 e. The summed E-state index contributed by atoms with van der Waals surface area (Å²) >= 11 is 0. The van der Waals surface area contributed by atoms with E-state index in [1.807, 2.05) is 30.3 Å². The lowest BCUT2D eigenvalue weighted by Crippen LogP contribution is -2.51. The molecule has 3 aromatic rings. The van der Waals surface area contributed by atoms with Crippen molar-refractivity contribution < 1.29 is 23.2 Å². The van der Waals surface area contributed by atoms with Gasteiger partial charge in [-0.1, -0.05) is 42.5 Å². The van der Waals surface area contributed by atoms with Crippen molar-refractivity contribution in [3.63, 3.8) is 0 Å². The highest BCUT2D eigenvalue weighted by atomic mass is 19.1. The second kappa shape index (κ2) is 11.6. The molecule has 2 N–H and O–H groups in total. The zero-order valence-corrected chi connectivity index (χ0v) is 18.3. The van der Waals surface area contributed by atoms with E-state index in [1.54, 1.807) is 25.1 Å². The average Bonchev–Trinajstić information content (AvgIpc) is 3.37. The minimum Gasteiger partial charge on any atom is -0.459 e. The van der Waals surface area contributed by atoms with E-state index >= 15 is 0 Å². The fourth-order valence-electron chi connectivity index (χ4n) is 3.29. The van der Waals surface area contributed by atoms with E-state index in [0.717, 1.165) is 11.1 Å². The Kier molecular flexibility index (Phi) is 8.35. The summed E-state index contributed by atoms with van der Waals surface area (Å²) in [4.78, 5) is 39.7. The van der Waals surface area contributed by atoms with Crippen LogP contribution in [0.3, 0.4) is 0 Å². The SMILES string of the molecule is CCN(CC(=O)NCc1ccc(F)cc1)C(=O)[C@@H](Cc1ccccc1)NC(=O)c1ccco1. The van der Waals surface area contributed by atoms with Gasteiger partial charge in [0.15, 0.2) is 5.76 Å². The summed E-state index contributed by atoms with van der Waals surface area (Å²) in [5.41, 5.74) is 1.61. The third-order valence-corrected chi connectivity index (χ3v) is 5.06. The van der Waals surface area contributed by atoms with Crippen LogP contribution in [-0.2, 0) is 22.6 Å². The molecule has 0 fully saturated rings. The fraction of sp³-hybridized carbons (Fsp3) is 0.240. The predicted molar refractivity (Wildman–Crippen MR) is 121 cm³/mol. The van der Waals surface area contributed by atoms with Gasteiger partial charge in [0.25, 0.3) is 5.91 Å². The molecule has 7 nitrogen and oxygen atoms in total. The second-order valence-corrected chi connectivity index (χ2v) is 7.45. The number of hydrogen-bond donors (Lipinski definition) is 2. The third kappa shape index (κ3) is 7.03. The molecule has 0 saturated carbocycles. The van der Waals surface area contributed by atoms with Crippen LogP contribution in [-0.4, -0.2) is 41.8 Å². The molecule has 1 heterocycles. The lowest BCUT2D eigenvalue weighted by molar-refractivity contribution is -0.137. The number of likely N-dealkylation sites (N-methyl/N-ethyl adjacent to an activating group) is 1. The van der Waals surface area contributed by atoms with Gasteiger partial charge in [-0.2, -0.15) is 0 Å². The molecular formula is C25H26FN3O4. The minimum absolute atomic E-state index is 0.0981. The average molecular weight is 451 g/mol. The Labute approximate surface area is 191 Å². The molecule has 0 aliphatic carbocycles. The number of furan rings is 1. The molecule has 2 aromatic carbocycles. The number of hydrogen-bond acceptors (Lipinski definition) is 4. The molecule has 0 saturated heterocycles. The number of rotatable bonds is 10. The Bertz CT molecular complexity index is 1050. The van der Waals surface area contributed by atoms with E-state index in [0.29, 0.717) is 0 Å². The normalized spacial score (nSPS) is 11.5. The Balaban J connectivity index is 1.66. The van der Waals surface area contributed by atoms with Gasteiger partial charge >= 0.3 is 0 Å². The first-order valence-electron chi connectivity index (χ1n) is 10.6. The van der Waals surface area contributed by atoms with Crippen LogP contribution in [0.2, 0.25) is 0 Å². The van der Waals surface area contributed by atoms with Crippen LogP contribution in [0.4, 0.5) is 4.39 Å². The zero-order chi connectivity index (χ0) is 23.6. The molecule has 0 radical (unpaired) electrons. The van der Waals surface area contributed by atoms with Crippen LogP contribution in [0.1, 0.15) is 28.6 Å². The van der Waals surface area contributed by atoms with E-state index in [1.165, 1.54) is 29.4 Å². The Hall–Kier alpha value is -3.94. The van der Waals surface area contributed by atoms with Crippen molar-refractivity contribution in [2.75, 3.05) is 13.1 Å². The fourth-order valence-corrected chi connectivity index (χ4v) is 3.29. The summed E-state index contributed by atoms with van der Waals surface area (Å²) in [5.74, 6) is -1.50. The zero-order valence-electron chi connectivity index (χ0n) is 18.3. The maximum atomic E-state index is 13.3. The van der Waals surface area contributed by atoms with Crippen LogP contribution in [0.15, 0.2) is 77.4 Å². The lowest BCUT2D eigenvalue weighted by atomic mass is 10.0. The van der Waals surface area contributed by atoms with Crippen molar-refractivity contribution >= 4 is 17.7 Å². The molecule has 0 unspecified atom stereocenters. The number of benzene rings is 2. The first kappa shape index (κ1) is 23.7. The molecule has 8 heteroatoms. The van der Waals surface area contributed by atoms with Crippen LogP contribution in [0, 0.1) is 5.82 Å². The summed E-state index contributed by atoms with van der Waals surface area (Å²) in [5, 5.41) is 5.46. The summed E-state index contributed by atoms with van der Waals surface area (Å²) in [7, 11) is 0. The molecule has 0 aliphatic rings. The predicted octanol–water partition coefficient (Wildman–Crippen LogP) is 2.92. The van der Waals surface area contributed by atoms with Gasteiger partial charge in [-0.3, -0.25) is 14.4 Å². The van der Waals surface area contributed by atoms with Crippen molar-refractivity contribution in [1.82, 2.24) is 15.5 Å². The number of nitrogens with zero attached hydrogens (tertiary/aromatic N) is 1. The summed E-state index contributed by atoms with van der Waals surface area (Å²) in [6, 6.07) is 17.3. The van der Waals surface area contributed by atoms with Crippen LogP contribution < -0.4 is 10.6 Å². The minimum atomic E-state index is -0.880. The van der Waals surface area contributed by atoms with E-state index in [2.05, 4.69) is 10.6 Å².